The molecular formula is C28H31N3O4. The first-order valence-corrected chi connectivity index (χ1v) is 12.6. The summed E-state index contributed by atoms with van der Waals surface area (Å²) in [5.74, 6) is 1.92. The monoisotopic (exact) mass is 473 g/mol. The minimum Gasteiger partial charge on any atom is -0.478 e. The molecule has 182 valence electrons. The van der Waals surface area contributed by atoms with Crippen molar-refractivity contribution in [2.75, 3.05) is 4.90 Å². The number of aromatic nitrogens is 2. The van der Waals surface area contributed by atoms with Crippen LogP contribution in [-0.4, -0.2) is 39.4 Å². The first-order valence-electron chi connectivity index (χ1n) is 12.6. The number of ether oxygens (including phenoxy) is 1. The van der Waals surface area contributed by atoms with Crippen LogP contribution in [0.4, 0.5) is 5.82 Å². The Kier molecular flexibility index (Phi) is 5.60. The highest BCUT2D eigenvalue weighted by atomic mass is 16.5. The number of aromatic carboxylic acids is 1. The fourth-order valence-electron chi connectivity index (χ4n) is 6.01. The van der Waals surface area contributed by atoms with Gasteiger partial charge in [0.1, 0.15) is 17.3 Å². The highest BCUT2D eigenvalue weighted by molar-refractivity contribution is 5.87. The molecule has 0 amide bonds. The zero-order valence-corrected chi connectivity index (χ0v) is 20.2. The number of carbonyl (C=O) groups is 1. The van der Waals surface area contributed by atoms with E-state index in [9.17, 15) is 9.90 Å². The molecule has 2 aromatic heterocycles. The lowest BCUT2D eigenvalue weighted by molar-refractivity contribution is 0.0134. The molecule has 4 atom stereocenters. The Balaban J connectivity index is 1.20. The molecule has 2 aliphatic heterocycles. The van der Waals surface area contributed by atoms with Crippen LogP contribution in [0.25, 0.3) is 11.3 Å². The van der Waals surface area contributed by atoms with Crippen molar-refractivity contribution in [2.24, 2.45) is 5.92 Å². The van der Waals surface area contributed by atoms with Crippen molar-refractivity contribution in [3.8, 4) is 11.3 Å². The van der Waals surface area contributed by atoms with Gasteiger partial charge in [-0.1, -0.05) is 36.3 Å². The number of piperidine rings is 1. The van der Waals surface area contributed by atoms with Crippen molar-refractivity contribution in [3.63, 3.8) is 0 Å². The topological polar surface area (TPSA) is 88.7 Å². The number of hydrogen-bond acceptors (Lipinski definition) is 6. The van der Waals surface area contributed by atoms with E-state index in [-0.39, 0.29) is 11.7 Å². The van der Waals surface area contributed by atoms with Gasteiger partial charge >= 0.3 is 5.97 Å². The standard InChI is InChI=1S/C28H31N3O4/c1-16-5-3-4-6-22(16)26-23(27(35-30-26)18-7-8-18)15-34-21-12-20-11-17(2)24(13-21)31(20)25-10-9-19(14-29-25)28(32)33/h3-6,9-10,14,17-18,20-21,24H,7-8,11-13,15H2,1-2H3,(H,32,33). The summed E-state index contributed by atoms with van der Waals surface area (Å²) in [7, 11) is 0. The Morgan fingerprint density at radius 2 is 2.00 bits per heavy atom. The number of pyridine rings is 1. The summed E-state index contributed by atoms with van der Waals surface area (Å²) >= 11 is 0. The van der Waals surface area contributed by atoms with E-state index in [1.165, 1.54) is 11.8 Å². The second kappa shape index (κ2) is 8.79. The van der Waals surface area contributed by atoms with Crippen LogP contribution in [0.15, 0.2) is 47.1 Å². The van der Waals surface area contributed by atoms with Gasteiger partial charge in [0.15, 0.2) is 0 Å². The fourth-order valence-corrected chi connectivity index (χ4v) is 6.01. The molecule has 0 radical (unpaired) electrons. The van der Waals surface area contributed by atoms with Crippen molar-refractivity contribution < 1.29 is 19.2 Å². The van der Waals surface area contributed by atoms with Crippen LogP contribution < -0.4 is 4.90 Å². The van der Waals surface area contributed by atoms with Gasteiger partial charge in [0.25, 0.3) is 0 Å². The number of hydrogen-bond donors (Lipinski definition) is 1. The van der Waals surface area contributed by atoms with E-state index in [4.69, 9.17) is 9.26 Å². The highest BCUT2D eigenvalue weighted by Crippen LogP contribution is 2.46. The lowest BCUT2D eigenvalue weighted by Gasteiger charge is -2.40. The maximum absolute atomic E-state index is 11.2. The van der Waals surface area contributed by atoms with Gasteiger partial charge in [-0.3, -0.25) is 0 Å². The zero-order valence-electron chi connectivity index (χ0n) is 20.2. The predicted molar refractivity (Wildman–Crippen MR) is 131 cm³/mol. The lowest BCUT2D eigenvalue weighted by Crippen LogP contribution is -2.47. The fraction of sp³-hybridized carbons (Fsp3) is 0.464. The second-order valence-electron chi connectivity index (χ2n) is 10.4. The van der Waals surface area contributed by atoms with Crippen LogP contribution in [0.1, 0.15) is 72.2 Å². The number of anilines is 1. The van der Waals surface area contributed by atoms with Gasteiger partial charge in [-0.2, -0.15) is 0 Å². The quantitative estimate of drug-likeness (QED) is 0.479. The summed E-state index contributed by atoms with van der Waals surface area (Å²) in [5, 5.41) is 13.7. The molecule has 1 N–H and O–H groups in total. The minimum atomic E-state index is -0.947. The van der Waals surface area contributed by atoms with E-state index in [0.29, 0.717) is 30.5 Å². The van der Waals surface area contributed by atoms with Crippen molar-refractivity contribution in [1.82, 2.24) is 10.1 Å². The number of carboxylic acids is 1. The Morgan fingerprint density at radius 1 is 1.17 bits per heavy atom. The average Bonchev–Trinajstić information content (AvgIpc) is 3.58. The van der Waals surface area contributed by atoms with Crippen LogP contribution in [0.2, 0.25) is 0 Å². The Labute approximate surface area is 205 Å². The van der Waals surface area contributed by atoms with Crippen molar-refractivity contribution in [2.45, 2.75) is 76.7 Å². The summed E-state index contributed by atoms with van der Waals surface area (Å²) in [4.78, 5) is 18.1. The van der Waals surface area contributed by atoms with E-state index in [2.05, 4.69) is 41.0 Å². The molecule has 3 aromatic rings. The zero-order chi connectivity index (χ0) is 24.1. The summed E-state index contributed by atoms with van der Waals surface area (Å²) in [6.45, 7) is 4.92. The van der Waals surface area contributed by atoms with Gasteiger partial charge in [-0.05, 0) is 62.6 Å². The normalized spacial score (nSPS) is 25.7. The van der Waals surface area contributed by atoms with E-state index in [0.717, 1.165) is 60.5 Å². The second-order valence-corrected chi connectivity index (χ2v) is 10.4. The molecular weight excluding hydrogens is 442 g/mol. The Morgan fingerprint density at radius 3 is 2.69 bits per heavy atom. The molecule has 7 heteroatoms. The number of nitrogens with zero attached hydrogens (tertiary/aromatic N) is 3. The van der Waals surface area contributed by atoms with Crippen molar-refractivity contribution in [1.29, 1.82) is 0 Å². The SMILES string of the molecule is Cc1ccccc1-c1noc(C2CC2)c1COC1CC2CC(C)C(C1)N2c1ccc(C(=O)O)cn1. The van der Waals surface area contributed by atoms with Crippen molar-refractivity contribution >= 4 is 11.8 Å². The van der Waals surface area contributed by atoms with Gasteiger partial charge < -0.3 is 19.3 Å². The van der Waals surface area contributed by atoms with Crippen LogP contribution in [-0.2, 0) is 11.3 Å². The number of fused-ring (bicyclic) bond motifs is 2. The number of aryl methyl sites for hydroxylation is 1. The molecule has 7 nitrogen and oxygen atoms in total. The largest absolute Gasteiger partial charge is 0.478 e. The first-order chi connectivity index (χ1) is 17.0. The van der Waals surface area contributed by atoms with Crippen molar-refractivity contribution in [3.05, 3.63) is 65.0 Å². The molecule has 1 saturated carbocycles. The molecule has 2 saturated heterocycles. The number of benzene rings is 1. The third-order valence-electron chi connectivity index (χ3n) is 7.98. The molecule has 2 bridgehead atoms. The Hall–Kier alpha value is -3.19. The van der Waals surface area contributed by atoms with Crippen LogP contribution >= 0.6 is 0 Å². The van der Waals surface area contributed by atoms with Crippen LogP contribution in [0, 0.1) is 12.8 Å². The molecule has 3 fully saturated rings. The molecule has 1 aliphatic carbocycles. The van der Waals surface area contributed by atoms with Gasteiger partial charge in [-0.15, -0.1) is 0 Å². The van der Waals surface area contributed by atoms with E-state index < -0.39 is 5.97 Å². The molecule has 4 unspecified atom stereocenters. The average molecular weight is 474 g/mol. The molecule has 4 heterocycles. The number of rotatable bonds is 7. The molecule has 35 heavy (non-hydrogen) atoms. The van der Waals surface area contributed by atoms with E-state index in [1.54, 1.807) is 6.07 Å². The van der Waals surface area contributed by atoms with Crippen LogP contribution in [0.5, 0.6) is 0 Å². The summed E-state index contributed by atoms with van der Waals surface area (Å²) in [5.41, 5.74) is 4.54. The third kappa shape index (κ3) is 4.12. The molecule has 6 rings (SSSR count). The summed E-state index contributed by atoms with van der Waals surface area (Å²) in [6, 6.07) is 12.5. The third-order valence-corrected chi connectivity index (χ3v) is 7.98. The molecule has 3 aliphatic rings. The maximum atomic E-state index is 11.2. The van der Waals surface area contributed by atoms with Gasteiger partial charge in [0.05, 0.1) is 18.3 Å². The smallest absolute Gasteiger partial charge is 0.337 e. The molecule has 0 spiro atoms. The van der Waals surface area contributed by atoms with Gasteiger partial charge in [0, 0.05) is 35.3 Å². The first kappa shape index (κ1) is 22.3. The van der Waals surface area contributed by atoms with Gasteiger partial charge in [0.2, 0.25) is 0 Å². The molecule has 1 aromatic carbocycles. The lowest BCUT2D eigenvalue weighted by atomic mass is 9.96. The number of carboxylic acid groups (broad SMARTS) is 1. The van der Waals surface area contributed by atoms with E-state index in [1.807, 2.05) is 18.2 Å². The summed E-state index contributed by atoms with van der Waals surface area (Å²) in [6.07, 6.45) is 6.91. The minimum absolute atomic E-state index is 0.163. The predicted octanol–water partition coefficient (Wildman–Crippen LogP) is 5.58. The van der Waals surface area contributed by atoms with Crippen LogP contribution in [0.3, 0.4) is 0 Å². The van der Waals surface area contributed by atoms with Gasteiger partial charge in [-0.25, -0.2) is 9.78 Å². The highest BCUT2D eigenvalue weighted by Gasteiger charge is 2.46. The Bertz CT molecular complexity index is 1230. The maximum Gasteiger partial charge on any atom is 0.337 e. The van der Waals surface area contributed by atoms with E-state index >= 15 is 0 Å². The summed E-state index contributed by atoms with van der Waals surface area (Å²) < 4.78 is 12.4.